The highest BCUT2D eigenvalue weighted by Gasteiger charge is 2.34. The Morgan fingerprint density at radius 2 is 2.04 bits per heavy atom. The lowest BCUT2D eigenvalue weighted by Gasteiger charge is -2.22. The van der Waals surface area contributed by atoms with E-state index in [0.717, 1.165) is 0 Å². The van der Waals surface area contributed by atoms with Crippen molar-refractivity contribution >= 4 is 17.5 Å². The van der Waals surface area contributed by atoms with Gasteiger partial charge in [0.05, 0.1) is 18.5 Å². The summed E-state index contributed by atoms with van der Waals surface area (Å²) in [7, 11) is 0. The Morgan fingerprint density at radius 1 is 1.23 bits per heavy atom. The molecule has 2 heterocycles. The number of hydrogen-bond donors (Lipinski definition) is 0. The van der Waals surface area contributed by atoms with Gasteiger partial charge in [0.25, 0.3) is 5.91 Å². The van der Waals surface area contributed by atoms with E-state index in [1.54, 1.807) is 30.3 Å². The molecule has 0 saturated carbocycles. The first-order chi connectivity index (χ1) is 12.3. The summed E-state index contributed by atoms with van der Waals surface area (Å²) in [6, 6.07) is 11.1. The second-order valence-corrected chi connectivity index (χ2v) is 5.92. The molecule has 0 saturated heterocycles. The number of halogens is 4. The molecule has 0 fully saturated rings. The highest BCUT2D eigenvalue weighted by molar-refractivity contribution is 6.30. The van der Waals surface area contributed by atoms with Crippen molar-refractivity contribution < 1.29 is 22.4 Å². The van der Waals surface area contributed by atoms with Crippen molar-refractivity contribution in [2.24, 2.45) is 0 Å². The zero-order valence-corrected chi connectivity index (χ0v) is 14.0. The largest absolute Gasteiger partial charge is 0.467 e. The van der Waals surface area contributed by atoms with E-state index in [-0.39, 0.29) is 18.0 Å². The number of rotatable bonds is 5. The molecule has 2 aromatic heterocycles. The highest BCUT2D eigenvalue weighted by Crippen LogP contribution is 2.21. The van der Waals surface area contributed by atoms with Gasteiger partial charge in [0.1, 0.15) is 12.3 Å². The number of nitrogens with zero attached hydrogens (tertiary/aromatic N) is 3. The molecule has 1 amide bonds. The van der Waals surface area contributed by atoms with Crippen molar-refractivity contribution in [1.29, 1.82) is 0 Å². The molecule has 3 rings (SSSR count). The number of hydrogen-bond acceptors (Lipinski definition) is 3. The molecule has 5 nitrogen and oxygen atoms in total. The molecule has 0 atom stereocenters. The van der Waals surface area contributed by atoms with Gasteiger partial charge in [0.15, 0.2) is 5.69 Å². The molecule has 0 aliphatic heterocycles. The summed E-state index contributed by atoms with van der Waals surface area (Å²) in [5.74, 6) is -0.601. The number of alkyl halides is 3. The minimum Gasteiger partial charge on any atom is -0.467 e. The summed E-state index contributed by atoms with van der Waals surface area (Å²) in [6.07, 6.45) is -1.73. The van der Waals surface area contributed by atoms with E-state index in [0.29, 0.717) is 15.6 Å². The summed E-state index contributed by atoms with van der Waals surface area (Å²) in [5, 5.41) is 4.55. The second-order valence-electron chi connectivity index (χ2n) is 5.48. The number of aromatic nitrogens is 2. The van der Waals surface area contributed by atoms with E-state index in [1.165, 1.54) is 29.3 Å². The van der Waals surface area contributed by atoms with Crippen LogP contribution in [-0.2, 0) is 6.54 Å². The molecular weight excluding hydrogens is 371 g/mol. The Labute approximate surface area is 151 Å². The fraction of sp³-hybridized carbons (Fsp3) is 0.176. The smallest absolute Gasteiger partial charge is 0.406 e. The summed E-state index contributed by atoms with van der Waals surface area (Å²) in [5.41, 5.74) is 0.478. The van der Waals surface area contributed by atoms with Crippen LogP contribution in [0, 0.1) is 0 Å². The highest BCUT2D eigenvalue weighted by atomic mass is 35.5. The maximum Gasteiger partial charge on any atom is 0.406 e. The normalized spacial score (nSPS) is 11.5. The molecule has 0 radical (unpaired) electrons. The molecule has 3 aromatic rings. The molecule has 0 N–H and O–H groups in total. The fourth-order valence-electron chi connectivity index (χ4n) is 2.37. The molecule has 0 bridgehead atoms. The topological polar surface area (TPSA) is 51.3 Å². The van der Waals surface area contributed by atoms with Crippen LogP contribution in [0.25, 0.3) is 5.69 Å². The fourth-order valence-corrected chi connectivity index (χ4v) is 2.55. The summed E-state index contributed by atoms with van der Waals surface area (Å²) in [4.78, 5) is 13.2. The van der Waals surface area contributed by atoms with Crippen LogP contribution in [-0.4, -0.2) is 33.3 Å². The van der Waals surface area contributed by atoms with Gasteiger partial charge in [-0.3, -0.25) is 4.79 Å². The first-order valence-electron chi connectivity index (χ1n) is 7.52. The van der Waals surface area contributed by atoms with Gasteiger partial charge in [-0.05, 0) is 36.4 Å². The van der Waals surface area contributed by atoms with Crippen LogP contribution in [0.1, 0.15) is 16.2 Å². The van der Waals surface area contributed by atoms with Crippen LogP contribution in [0.3, 0.4) is 0 Å². The van der Waals surface area contributed by atoms with Crippen LogP contribution in [0.4, 0.5) is 13.2 Å². The average Bonchev–Trinajstić information content (AvgIpc) is 3.24. The number of furan rings is 1. The maximum atomic E-state index is 12.9. The lowest BCUT2D eigenvalue weighted by Crippen LogP contribution is -2.38. The van der Waals surface area contributed by atoms with Gasteiger partial charge in [-0.1, -0.05) is 17.7 Å². The number of carbonyl (C=O) groups is 1. The monoisotopic (exact) mass is 383 g/mol. The van der Waals surface area contributed by atoms with E-state index in [2.05, 4.69) is 5.10 Å². The number of benzene rings is 1. The van der Waals surface area contributed by atoms with Crippen LogP contribution in [0.15, 0.2) is 59.3 Å². The van der Waals surface area contributed by atoms with E-state index >= 15 is 0 Å². The van der Waals surface area contributed by atoms with Gasteiger partial charge < -0.3 is 9.32 Å². The Bertz CT molecular complexity index is 891. The molecule has 136 valence electrons. The predicted octanol–water partition coefficient (Wildman–Crippen LogP) is 4.32. The Hall–Kier alpha value is -2.74. The van der Waals surface area contributed by atoms with E-state index < -0.39 is 18.6 Å². The number of amides is 1. The van der Waals surface area contributed by atoms with Crippen molar-refractivity contribution in [2.45, 2.75) is 12.7 Å². The van der Waals surface area contributed by atoms with Crippen molar-refractivity contribution in [2.75, 3.05) is 6.54 Å². The van der Waals surface area contributed by atoms with Gasteiger partial charge >= 0.3 is 6.18 Å². The third-order valence-electron chi connectivity index (χ3n) is 3.47. The molecule has 0 unspecified atom stereocenters. The van der Waals surface area contributed by atoms with Crippen LogP contribution in [0.5, 0.6) is 0 Å². The van der Waals surface area contributed by atoms with E-state index in [1.807, 2.05) is 0 Å². The van der Waals surface area contributed by atoms with Gasteiger partial charge in [-0.25, -0.2) is 4.68 Å². The Morgan fingerprint density at radius 3 is 2.69 bits per heavy atom. The molecule has 9 heteroatoms. The zero-order valence-electron chi connectivity index (χ0n) is 13.3. The van der Waals surface area contributed by atoms with Crippen molar-refractivity contribution in [3.63, 3.8) is 0 Å². The molecule has 0 aliphatic carbocycles. The van der Waals surface area contributed by atoms with Crippen molar-refractivity contribution in [3.8, 4) is 5.69 Å². The zero-order chi connectivity index (χ0) is 18.7. The van der Waals surface area contributed by atoms with Gasteiger partial charge in [0.2, 0.25) is 0 Å². The first-order valence-corrected chi connectivity index (χ1v) is 7.90. The van der Waals surface area contributed by atoms with Gasteiger partial charge in [-0.15, -0.1) is 0 Å². The molecule has 26 heavy (non-hydrogen) atoms. The maximum absolute atomic E-state index is 12.9. The predicted molar refractivity (Wildman–Crippen MR) is 88.1 cm³/mol. The van der Waals surface area contributed by atoms with E-state index in [9.17, 15) is 18.0 Å². The van der Waals surface area contributed by atoms with Crippen LogP contribution in [0.2, 0.25) is 5.02 Å². The summed E-state index contributed by atoms with van der Waals surface area (Å²) >= 11 is 5.91. The average molecular weight is 384 g/mol. The second kappa shape index (κ2) is 7.25. The standard InChI is InChI=1S/C17H13ClF3N3O2/c18-12-3-1-4-13(9-12)24-7-6-15(22-24)16(25)23(11-17(19,20)21)10-14-5-2-8-26-14/h1-9H,10-11H2. The lowest BCUT2D eigenvalue weighted by atomic mass is 10.3. The third kappa shape index (κ3) is 4.45. The van der Waals surface area contributed by atoms with Crippen molar-refractivity contribution in [3.05, 3.63) is 71.4 Å². The quantitative estimate of drug-likeness (QED) is 0.659. The molecule has 0 aliphatic rings. The summed E-state index contributed by atoms with van der Waals surface area (Å²) in [6.45, 7) is -1.72. The molecular formula is C17H13ClF3N3O2. The van der Waals surface area contributed by atoms with Crippen LogP contribution < -0.4 is 0 Å². The van der Waals surface area contributed by atoms with Gasteiger partial charge in [0, 0.05) is 11.2 Å². The van der Waals surface area contributed by atoms with E-state index in [4.69, 9.17) is 16.0 Å². The third-order valence-corrected chi connectivity index (χ3v) is 3.70. The Kier molecular flexibility index (Phi) is 5.03. The van der Waals surface area contributed by atoms with Gasteiger partial charge in [-0.2, -0.15) is 18.3 Å². The molecule has 0 spiro atoms. The Balaban J connectivity index is 1.84. The van der Waals surface area contributed by atoms with Crippen LogP contribution >= 0.6 is 11.6 Å². The first kappa shape index (κ1) is 18.1. The lowest BCUT2D eigenvalue weighted by molar-refractivity contribution is -0.142. The minimum atomic E-state index is -4.54. The SMILES string of the molecule is O=C(c1ccn(-c2cccc(Cl)c2)n1)N(Cc1ccco1)CC(F)(F)F. The summed E-state index contributed by atoms with van der Waals surface area (Å²) < 4.78 is 45.0. The van der Waals surface area contributed by atoms with Crippen molar-refractivity contribution in [1.82, 2.24) is 14.7 Å². The molecule has 1 aromatic carbocycles. The minimum absolute atomic E-state index is 0.110. The number of carbonyl (C=O) groups excluding carboxylic acids is 1.